The Morgan fingerprint density at radius 3 is 2.35 bits per heavy atom. The first-order valence-corrected chi connectivity index (χ1v) is 12.3. The smallest absolute Gasteiger partial charge is 0.339 e. The third-order valence-electron chi connectivity index (χ3n) is 5.03. The number of halogens is 1. The van der Waals surface area contributed by atoms with Crippen LogP contribution in [0.4, 0.5) is 11.4 Å². The van der Waals surface area contributed by atoms with Gasteiger partial charge in [-0.25, -0.2) is 0 Å². The summed E-state index contributed by atoms with van der Waals surface area (Å²) in [5.41, 5.74) is 0.893. The van der Waals surface area contributed by atoms with Gasteiger partial charge in [0.15, 0.2) is 5.75 Å². The number of amides is 1. The fourth-order valence-corrected chi connectivity index (χ4v) is 4.43. The van der Waals surface area contributed by atoms with Crippen molar-refractivity contribution in [2.75, 3.05) is 12.4 Å². The number of rotatable bonds is 8. The van der Waals surface area contributed by atoms with E-state index < -0.39 is 26.5 Å². The fourth-order valence-electron chi connectivity index (χ4n) is 3.17. The van der Waals surface area contributed by atoms with Crippen molar-refractivity contribution in [2.45, 2.75) is 18.7 Å². The molecule has 0 heterocycles. The lowest BCUT2D eigenvalue weighted by atomic mass is 10.1. The van der Waals surface area contributed by atoms with Gasteiger partial charge < -0.3 is 14.2 Å². The topological polar surface area (TPSA) is 149 Å². The van der Waals surface area contributed by atoms with Crippen molar-refractivity contribution in [3.63, 3.8) is 0 Å². The molecular formula is C25H20ClN3O7S. The third-order valence-corrected chi connectivity index (χ3v) is 6.55. The Bertz CT molecular complexity index is 1560. The zero-order chi connectivity index (χ0) is 27.3. The maximum absolute atomic E-state index is 12.7. The molecule has 0 atom stereocenters. The van der Waals surface area contributed by atoms with Crippen LogP contribution < -0.4 is 14.2 Å². The summed E-state index contributed by atoms with van der Waals surface area (Å²) in [6, 6.07) is 14.6. The van der Waals surface area contributed by atoms with E-state index in [1.165, 1.54) is 49.6 Å². The van der Waals surface area contributed by atoms with E-state index in [-0.39, 0.29) is 38.4 Å². The van der Waals surface area contributed by atoms with E-state index >= 15 is 0 Å². The lowest BCUT2D eigenvalue weighted by Gasteiger charge is -2.13. The predicted molar refractivity (Wildman–Crippen MR) is 137 cm³/mol. The van der Waals surface area contributed by atoms with Crippen LogP contribution in [0.5, 0.6) is 11.5 Å². The highest BCUT2D eigenvalue weighted by atomic mass is 35.5. The number of aryl methyl sites for hydroxylation is 2. The van der Waals surface area contributed by atoms with Gasteiger partial charge in [0.05, 0.1) is 17.1 Å². The maximum atomic E-state index is 12.7. The van der Waals surface area contributed by atoms with E-state index in [4.69, 9.17) is 20.5 Å². The minimum absolute atomic E-state index is 0.0682. The molecule has 10 nitrogen and oxygen atoms in total. The molecule has 0 aliphatic heterocycles. The average Bonchev–Trinajstić information content (AvgIpc) is 2.85. The molecule has 0 unspecified atom stereocenters. The summed E-state index contributed by atoms with van der Waals surface area (Å²) in [4.78, 5) is 23.3. The van der Waals surface area contributed by atoms with Crippen molar-refractivity contribution in [1.82, 2.24) is 0 Å². The van der Waals surface area contributed by atoms with Crippen molar-refractivity contribution < 1.29 is 27.1 Å². The van der Waals surface area contributed by atoms with Crippen LogP contribution in [0, 0.1) is 35.3 Å². The Balaban J connectivity index is 1.93. The van der Waals surface area contributed by atoms with Crippen LogP contribution in [0.1, 0.15) is 16.7 Å². The van der Waals surface area contributed by atoms with Gasteiger partial charge in [0.1, 0.15) is 22.2 Å². The number of ether oxygens (including phenoxy) is 1. The minimum atomic E-state index is -4.24. The molecule has 0 aromatic heterocycles. The molecule has 1 amide bonds. The molecule has 0 aliphatic rings. The third kappa shape index (κ3) is 6.43. The van der Waals surface area contributed by atoms with Gasteiger partial charge in [-0.3, -0.25) is 14.9 Å². The van der Waals surface area contributed by atoms with Gasteiger partial charge in [-0.2, -0.15) is 13.7 Å². The van der Waals surface area contributed by atoms with E-state index in [0.29, 0.717) is 5.56 Å². The molecule has 3 aromatic carbocycles. The quantitative estimate of drug-likeness (QED) is 0.135. The normalized spacial score (nSPS) is 11.4. The summed E-state index contributed by atoms with van der Waals surface area (Å²) in [5, 5.41) is 23.0. The van der Waals surface area contributed by atoms with Gasteiger partial charge in [-0.05, 0) is 61.4 Å². The summed E-state index contributed by atoms with van der Waals surface area (Å²) in [6.07, 6.45) is 1.17. The van der Waals surface area contributed by atoms with Crippen molar-refractivity contribution in [2.24, 2.45) is 0 Å². The van der Waals surface area contributed by atoms with Gasteiger partial charge in [-0.15, -0.1) is 0 Å². The van der Waals surface area contributed by atoms with Crippen LogP contribution in [-0.4, -0.2) is 26.4 Å². The highest BCUT2D eigenvalue weighted by Gasteiger charge is 2.23. The average molecular weight is 542 g/mol. The van der Waals surface area contributed by atoms with Gasteiger partial charge in [0.25, 0.3) is 11.6 Å². The van der Waals surface area contributed by atoms with Crippen molar-refractivity contribution in [3.05, 3.63) is 92.0 Å². The van der Waals surface area contributed by atoms with Crippen LogP contribution >= 0.6 is 11.6 Å². The number of nitrogens with one attached hydrogen (secondary N) is 1. The second kappa shape index (κ2) is 11.1. The molecule has 12 heteroatoms. The molecule has 190 valence electrons. The van der Waals surface area contributed by atoms with Crippen LogP contribution in [0.3, 0.4) is 0 Å². The number of nitrogens with zero attached hydrogens (tertiary/aromatic N) is 2. The summed E-state index contributed by atoms with van der Waals surface area (Å²) in [6.45, 7) is 3.47. The molecule has 0 fully saturated rings. The van der Waals surface area contributed by atoms with Crippen molar-refractivity contribution in [3.8, 4) is 17.6 Å². The SMILES string of the molecule is COc1cc(/C=C(\C#N)C(=O)Nc2ccc(C)cc2[N+](=O)[O-])cc(Cl)c1OS(=O)(=O)c1ccc(C)cc1. The molecule has 0 bridgehead atoms. The highest BCUT2D eigenvalue weighted by molar-refractivity contribution is 7.87. The molecule has 0 radical (unpaired) electrons. The summed E-state index contributed by atoms with van der Waals surface area (Å²) < 4.78 is 35.9. The minimum Gasteiger partial charge on any atom is -0.493 e. The number of methoxy groups -OCH3 is 1. The molecule has 0 saturated heterocycles. The van der Waals surface area contributed by atoms with Crippen molar-refractivity contribution in [1.29, 1.82) is 5.26 Å². The number of carbonyl (C=O) groups excluding carboxylic acids is 1. The number of hydrogen-bond donors (Lipinski definition) is 1. The van der Waals surface area contributed by atoms with Gasteiger partial charge in [0.2, 0.25) is 5.75 Å². The zero-order valence-corrected chi connectivity index (χ0v) is 21.4. The fraction of sp³-hybridized carbons (Fsp3) is 0.120. The number of carbonyl (C=O) groups is 1. The van der Waals surface area contributed by atoms with E-state index in [2.05, 4.69) is 5.32 Å². The van der Waals surface area contributed by atoms with Crippen LogP contribution in [-0.2, 0) is 14.9 Å². The van der Waals surface area contributed by atoms with Crippen LogP contribution in [0.15, 0.2) is 65.1 Å². The maximum Gasteiger partial charge on any atom is 0.339 e. The molecule has 37 heavy (non-hydrogen) atoms. The molecule has 3 rings (SSSR count). The van der Waals surface area contributed by atoms with Gasteiger partial charge in [0, 0.05) is 6.07 Å². The summed E-state index contributed by atoms with van der Waals surface area (Å²) >= 11 is 6.28. The highest BCUT2D eigenvalue weighted by Crippen LogP contribution is 2.39. The van der Waals surface area contributed by atoms with Crippen LogP contribution in [0.25, 0.3) is 6.08 Å². The van der Waals surface area contributed by atoms with E-state index in [1.54, 1.807) is 38.1 Å². The number of benzene rings is 3. The van der Waals surface area contributed by atoms with Gasteiger partial charge >= 0.3 is 10.1 Å². The molecule has 3 aromatic rings. The lowest BCUT2D eigenvalue weighted by molar-refractivity contribution is -0.384. The molecule has 0 spiro atoms. The number of anilines is 1. The second-order valence-corrected chi connectivity index (χ2v) is 9.74. The van der Waals surface area contributed by atoms with Crippen molar-refractivity contribution >= 4 is 45.1 Å². The Labute approximate surface area is 218 Å². The first-order chi connectivity index (χ1) is 17.4. The molecule has 0 aliphatic carbocycles. The Kier molecular flexibility index (Phi) is 8.17. The van der Waals surface area contributed by atoms with Gasteiger partial charge in [-0.1, -0.05) is 35.4 Å². The second-order valence-electron chi connectivity index (χ2n) is 7.79. The monoisotopic (exact) mass is 541 g/mol. The Morgan fingerprint density at radius 2 is 1.76 bits per heavy atom. The lowest BCUT2D eigenvalue weighted by Crippen LogP contribution is -2.14. The summed E-state index contributed by atoms with van der Waals surface area (Å²) in [7, 11) is -2.98. The Morgan fingerprint density at radius 1 is 1.11 bits per heavy atom. The van der Waals surface area contributed by atoms with Crippen LogP contribution in [0.2, 0.25) is 5.02 Å². The summed E-state index contributed by atoms with van der Waals surface area (Å²) in [5.74, 6) is -1.24. The van der Waals surface area contributed by atoms with E-state index in [1.807, 2.05) is 0 Å². The zero-order valence-electron chi connectivity index (χ0n) is 19.8. The Hall–Kier alpha value is -4.40. The first-order valence-electron chi connectivity index (χ1n) is 10.5. The van der Waals surface area contributed by atoms with E-state index in [0.717, 1.165) is 5.56 Å². The number of nitro groups is 1. The molecule has 1 N–H and O–H groups in total. The largest absolute Gasteiger partial charge is 0.493 e. The standard InChI is InChI=1S/C25H20ClN3O7S/c1-15-4-7-19(8-5-15)37(33,34)36-24-20(26)12-17(13-23(24)35-3)11-18(14-27)25(30)28-21-9-6-16(2)10-22(21)29(31)32/h4-13H,1-3H3,(H,28,30)/b18-11+. The first kappa shape index (κ1) is 27.2. The number of nitriles is 1. The number of hydrogen-bond acceptors (Lipinski definition) is 8. The number of nitro benzene ring substituents is 1. The molecule has 0 saturated carbocycles. The molecular weight excluding hydrogens is 522 g/mol. The predicted octanol–water partition coefficient (Wildman–Crippen LogP) is 5.19. The van der Waals surface area contributed by atoms with E-state index in [9.17, 15) is 28.6 Å².